The topological polar surface area (TPSA) is 61.8 Å². The maximum Gasteiger partial charge on any atom is 0.234 e. The van der Waals surface area contributed by atoms with Crippen LogP contribution in [0.3, 0.4) is 0 Å². The number of methoxy groups -OCH3 is 1. The van der Waals surface area contributed by atoms with E-state index in [0.717, 1.165) is 12.2 Å². The van der Waals surface area contributed by atoms with E-state index >= 15 is 0 Å². The lowest BCUT2D eigenvalue weighted by molar-refractivity contribution is 0.111. The minimum Gasteiger partial charge on any atom is -0.491 e. The summed E-state index contributed by atoms with van der Waals surface area (Å²) in [5.74, 6) is 0.558. The standard InChI is InChI=1S/C13H19ClO5S/c1-17-7-6-12-2-4-13(5-3-12)19-9-8-18-10-11-20(14,15)16/h2-5H,6-11H2,1H3. The third-order valence-electron chi connectivity index (χ3n) is 2.49. The Bertz CT molecular complexity index is 472. The van der Waals surface area contributed by atoms with Crippen LogP contribution in [0.2, 0.25) is 0 Å². The maximum absolute atomic E-state index is 10.6. The summed E-state index contributed by atoms with van der Waals surface area (Å²) in [6.07, 6.45) is 0.868. The summed E-state index contributed by atoms with van der Waals surface area (Å²) in [5.41, 5.74) is 1.18. The van der Waals surface area contributed by atoms with Gasteiger partial charge in [0.05, 0.1) is 25.6 Å². The van der Waals surface area contributed by atoms with Crippen LogP contribution in [0.15, 0.2) is 24.3 Å². The Morgan fingerprint density at radius 1 is 1.05 bits per heavy atom. The average Bonchev–Trinajstić information content (AvgIpc) is 2.40. The SMILES string of the molecule is COCCc1ccc(OCCOCCS(=O)(=O)Cl)cc1. The van der Waals surface area contributed by atoms with Crippen LogP contribution >= 0.6 is 10.7 Å². The van der Waals surface area contributed by atoms with Gasteiger partial charge in [0.2, 0.25) is 9.05 Å². The van der Waals surface area contributed by atoms with Crippen LogP contribution in [0.25, 0.3) is 0 Å². The predicted molar refractivity (Wildman–Crippen MR) is 78.0 cm³/mol. The first-order valence-corrected chi connectivity index (χ1v) is 8.70. The van der Waals surface area contributed by atoms with Crippen molar-refractivity contribution in [2.24, 2.45) is 0 Å². The molecule has 0 N–H and O–H groups in total. The Morgan fingerprint density at radius 2 is 1.75 bits per heavy atom. The van der Waals surface area contributed by atoms with Crippen molar-refractivity contribution in [2.75, 3.05) is 39.3 Å². The molecule has 1 aromatic carbocycles. The van der Waals surface area contributed by atoms with Gasteiger partial charge in [-0.25, -0.2) is 8.42 Å². The normalized spacial score (nSPS) is 11.5. The molecule has 0 bridgehead atoms. The largest absolute Gasteiger partial charge is 0.491 e. The van der Waals surface area contributed by atoms with Crippen molar-refractivity contribution in [1.82, 2.24) is 0 Å². The van der Waals surface area contributed by atoms with Gasteiger partial charge in [-0.3, -0.25) is 0 Å². The van der Waals surface area contributed by atoms with Gasteiger partial charge in [0, 0.05) is 17.8 Å². The predicted octanol–water partition coefficient (Wildman–Crippen LogP) is 1.84. The van der Waals surface area contributed by atoms with Crippen LogP contribution in [-0.2, 0) is 24.9 Å². The van der Waals surface area contributed by atoms with Gasteiger partial charge < -0.3 is 14.2 Å². The fourth-order valence-corrected chi connectivity index (χ4v) is 1.96. The smallest absolute Gasteiger partial charge is 0.234 e. The molecule has 0 radical (unpaired) electrons. The highest BCUT2D eigenvalue weighted by molar-refractivity contribution is 8.13. The summed E-state index contributed by atoms with van der Waals surface area (Å²) >= 11 is 0. The molecule has 114 valence electrons. The van der Waals surface area contributed by atoms with Crippen LogP contribution in [0.1, 0.15) is 5.56 Å². The molecule has 0 atom stereocenters. The van der Waals surface area contributed by atoms with Gasteiger partial charge in [0.1, 0.15) is 12.4 Å². The number of hydrogen-bond donors (Lipinski definition) is 0. The third-order valence-corrected chi connectivity index (χ3v) is 3.60. The molecule has 20 heavy (non-hydrogen) atoms. The Hall–Kier alpha value is -0.820. The van der Waals surface area contributed by atoms with Gasteiger partial charge in [-0.2, -0.15) is 0 Å². The molecule has 1 rings (SSSR count). The van der Waals surface area contributed by atoms with Gasteiger partial charge in [-0.15, -0.1) is 0 Å². The Kier molecular flexibility index (Phi) is 7.91. The molecule has 0 amide bonds. The molecular formula is C13H19ClO5S. The molecule has 0 unspecified atom stereocenters. The number of halogens is 1. The highest BCUT2D eigenvalue weighted by atomic mass is 35.7. The monoisotopic (exact) mass is 322 g/mol. The lowest BCUT2D eigenvalue weighted by Gasteiger charge is -2.07. The van der Waals surface area contributed by atoms with Crippen molar-refractivity contribution >= 4 is 19.7 Å². The summed E-state index contributed by atoms with van der Waals surface area (Å²) in [5, 5.41) is 0. The van der Waals surface area contributed by atoms with Crippen LogP contribution in [0.5, 0.6) is 5.75 Å². The lowest BCUT2D eigenvalue weighted by Crippen LogP contribution is -2.12. The summed E-state index contributed by atoms with van der Waals surface area (Å²) < 4.78 is 36.8. The summed E-state index contributed by atoms with van der Waals surface area (Å²) in [6.45, 7) is 1.44. The Morgan fingerprint density at radius 3 is 2.35 bits per heavy atom. The molecule has 0 spiro atoms. The molecule has 5 nitrogen and oxygen atoms in total. The van der Waals surface area contributed by atoms with E-state index < -0.39 is 9.05 Å². The van der Waals surface area contributed by atoms with E-state index in [1.54, 1.807) is 7.11 Å². The second-order valence-corrected chi connectivity index (χ2v) is 6.99. The first-order valence-electron chi connectivity index (χ1n) is 6.22. The van der Waals surface area contributed by atoms with E-state index in [-0.39, 0.29) is 12.4 Å². The van der Waals surface area contributed by atoms with E-state index in [1.807, 2.05) is 24.3 Å². The molecule has 7 heteroatoms. The van der Waals surface area contributed by atoms with Crippen LogP contribution in [0, 0.1) is 0 Å². The highest BCUT2D eigenvalue weighted by Gasteiger charge is 2.04. The molecule has 0 aromatic heterocycles. The van der Waals surface area contributed by atoms with Crippen molar-refractivity contribution in [3.8, 4) is 5.75 Å². The van der Waals surface area contributed by atoms with Crippen LogP contribution in [0.4, 0.5) is 0 Å². The Balaban J connectivity index is 2.16. The number of hydrogen-bond acceptors (Lipinski definition) is 5. The highest BCUT2D eigenvalue weighted by Crippen LogP contribution is 2.12. The minimum absolute atomic E-state index is 0.0746. The van der Waals surface area contributed by atoms with Crippen LogP contribution < -0.4 is 4.74 Å². The summed E-state index contributed by atoms with van der Waals surface area (Å²) in [4.78, 5) is 0. The quantitative estimate of drug-likeness (QED) is 0.486. The molecule has 0 aliphatic rings. The third kappa shape index (κ3) is 8.37. The molecule has 1 aromatic rings. The van der Waals surface area contributed by atoms with Gasteiger partial charge in [0.15, 0.2) is 0 Å². The van der Waals surface area contributed by atoms with Gasteiger partial charge in [0.25, 0.3) is 0 Å². The summed E-state index contributed by atoms with van der Waals surface area (Å²) in [6, 6.07) is 7.73. The fourth-order valence-electron chi connectivity index (χ4n) is 1.45. The number of ether oxygens (including phenoxy) is 3. The van der Waals surface area contributed by atoms with Crippen molar-refractivity contribution < 1.29 is 22.6 Å². The van der Waals surface area contributed by atoms with E-state index in [9.17, 15) is 8.42 Å². The molecule has 0 aliphatic heterocycles. The van der Waals surface area contributed by atoms with Crippen molar-refractivity contribution in [3.63, 3.8) is 0 Å². The first kappa shape index (κ1) is 17.2. The zero-order valence-electron chi connectivity index (χ0n) is 11.4. The summed E-state index contributed by atoms with van der Waals surface area (Å²) in [7, 11) is 3.24. The number of benzene rings is 1. The second kappa shape index (κ2) is 9.18. The zero-order chi connectivity index (χ0) is 14.8. The van der Waals surface area contributed by atoms with E-state index in [1.165, 1.54) is 5.56 Å². The van der Waals surface area contributed by atoms with Crippen molar-refractivity contribution in [3.05, 3.63) is 29.8 Å². The molecule has 0 heterocycles. The molecule has 0 saturated carbocycles. The van der Waals surface area contributed by atoms with E-state index in [4.69, 9.17) is 24.9 Å². The molecule has 0 saturated heterocycles. The molecule has 0 aliphatic carbocycles. The van der Waals surface area contributed by atoms with Gasteiger partial charge >= 0.3 is 0 Å². The molecular weight excluding hydrogens is 304 g/mol. The Labute approximate surface area is 124 Å². The van der Waals surface area contributed by atoms with Crippen molar-refractivity contribution in [1.29, 1.82) is 0 Å². The average molecular weight is 323 g/mol. The van der Waals surface area contributed by atoms with Gasteiger partial charge in [-0.05, 0) is 24.1 Å². The van der Waals surface area contributed by atoms with Gasteiger partial charge in [-0.1, -0.05) is 12.1 Å². The zero-order valence-corrected chi connectivity index (χ0v) is 13.0. The first-order chi connectivity index (χ1) is 9.51. The molecule has 0 fully saturated rings. The lowest BCUT2D eigenvalue weighted by atomic mass is 10.1. The fraction of sp³-hybridized carbons (Fsp3) is 0.538. The van der Waals surface area contributed by atoms with E-state index in [0.29, 0.717) is 19.8 Å². The minimum atomic E-state index is -3.48. The number of rotatable bonds is 10. The second-order valence-electron chi connectivity index (χ2n) is 4.09. The van der Waals surface area contributed by atoms with E-state index in [2.05, 4.69) is 0 Å². The van der Waals surface area contributed by atoms with Crippen LogP contribution in [-0.4, -0.2) is 47.7 Å². The van der Waals surface area contributed by atoms with Crippen molar-refractivity contribution in [2.45, 2.75) is 6.42 Å². The maximum atomic E-state index is 10.6.